The van der Waals surface area contributed by atoms with Gasteiger partial charge >= 0.3 is 0 Å². The molecule has 0 spiro atoms. The molecule has 1 atom stereocenters. The van der Waals surface area contributed by atoms with Crippen molar-refractivity contribution in [1.29, 1.82) is 0 Å². The zero-order chi connectivity index (χ0) is 21.3. The highest BCUT2D eigenvalue weighted by molar-refractivity contribution is 7.12. The number of hydrogen-bond acceptors (Lipinski definition) is 5. The molecule has 30 heavy (non-hydrogen) atoms. The van der Waals surface area contributed by atoms with Crippen LogP contribution < -0.4 is 4.90 Å². The molecule has 0 aliphatic carbocycles. The number of amides is 1. The molecule has 1 saturated heterocycles. The van der Waals surface area contributed by atoms with E-state index in [-0.39, 0.29) is 12.0 Å². The van der Waals surface area contributed by atoms with Crippen LogP contribution in [0.2, 0.25) is 0 Å². The average molecular weight is 424 g/mol. The second-order valence-electron chi connectivity index (χ2n) is 8.27. The maximum absolute atomic E-state index is 13.5. The SMILES string of the molecule is Cc1ccsc1C(=O)N(Cc1cc2cccc(C)c2nc1N(C)C)CC1CCCO1. The van der Waals surface area contributed by atoms with Crippen LogP contribution in [0.5, 0.6) is 0 Å². The van der Waals surface area contributed by atoms with E-state index in [9.17, 15) is 4.79 Å². The maximum atomic E-state index is 13.5. The Morgan fingerprint density at radius 1 is 1.23 bits per heavy atom. The zero-order valence-electron chi connectivity index (χ0n) is 18.1. The van der Waals surface area contributed by atoms with E-state index in [1.54, 1.807) is 0 Å². The minimum Gasteiger partial charge on any atom is -0.376 e. The Balaban J connectivity index is 1.72. The van der Waals surface area contributed by atoms with Gasteiger partial charge in [-0.3, -0.25) is 4.79 Å². The minimum atomic E-state index is 0.0760. The number of benzene rings is 1. The van der Waals surface area contributed by atoms with Crippen molar-refractivity contribution in [3.63, 3.8) is 0 Å². The van der Waals surface area contributed by atoms with Crippen molar-refractivity contribution in [2.75, 3.05) is 32.1 Å². The number of aryl methyl sites for hydroxylation is 2. The van der Waals surface area contributed by atoms with Gasteiger partial charge in [0.25, 0.3) is 5.91 Å². The highest BCUT2D eigenvalue weighted by Gasteiger charge is 2.26. The summed E-state index contributed by atoms with van der Waals surface area (Å²) < 4.78 is 5.87. The van der Waals surface area contributed by atoms with Crippen molar-refractivity contribution in [1.82, 2.24) is 9.88 Å². The van der Waals surface area contributed by atoms with Crippen LogP contribution in [-0.4, -0.2) is 49.1 Å². The summed E-state index contributed by atoms with van der Waals surface area (Å²) in [5.74, 6) is 0.983. The number of anilines is 1. The quantitative estimate of drug-likeness (QED) is 0.571. The summed E-state index contributed by atoms with van der Waals surface area (Å²) in [6.07, 6.45) is 2.17. The van der Waals surface area contributed by atoms with Crippen molar-refractivity contribution in [2.45, 2.75) is 39.3 Å². The van der Waals surface area contributed by atoms with Crippen LogP contribution in [0.3, 0.4) is 0 Å². The van der Waals surface area contributed by atoms with E-state index in [4.69, 9.17) is 9.72 Å². The Hall–Kier alpha value is -2.44. The standard InChI is InChI=1S/C24H29N3O2S/c1-16-7-5-8-18-13-19(23(26(3)4)25-21(16)18)14-27(15-20-9-6-11-29-20)24(28)22-17(2)10-12-30-22/h5,7-8,10,12-13,20H,6,9,11,14-15H2,1-4H3. The third-order valence-electron chi connectivity index (χ3n) is 5.68. The van der Waals surface area contributed by atoms with Crippen LogP contribution >= 0.6 is 11.3 Å². The molecular weight excluding hydrogens is 394 g/mol. The highest BCUT2D eigenvalue weighted by atomic mass is 32.1. The van der Waals surface area contributed by atoms with Gasteiger partial charge in [-0.15, -0.1) is 11.3 Å². The van der Waals surface area contributed by atoms with Crippen molar-refractivity contribution >= 4 is 34.0 Å². The van der Waals surface area contributed by atoms with Gasteiger partial charge in [-0.25, -0.2) is 4.98 Å². The molecule has 1 aromatic carbocycles. The molecule has 0 N–H and O–H groups in total. The molecule has 1 amide bonds. The molecule has 3 aromatic rings. The monoisotopic (exact) mass is 423 g/mol. The summed E-state index contributed by atoms with van der Waals surface area (Å²) in [6.45, 7) is 5.99. The molecule has 2 aromatic heterocycles. The lowest BCUT2D eigenvalue weighted by atomic mass is 10.1. The summed E-state index contributed by atoms with van der Waals surface area (Å²) in [7, 11) is 4.01. The third-order valence-corrected chi connectivity index (χ3v) is 6.68. The van der Waals surface area contributed by atoms with Crippen LogP contribution in [0.4, 0.5) is 5.82 Å². The normalized spacial score (nSPS) is 16.2. The lowest BCUT2D eigenvalue weighted by molar-refractivity contribution is 0.0510. The molecule has 158 valence electrons. The predicted molar refractivity (Wildman–Crippen MR) is 124 cm³/mol. The molecule has 1 aliphatic heterocycles. The van der Waals surface area contributed by atoms with E-state index in [1.807, 2.05) is 42.3 Å². The van der Waals surface area contributed by atoms with Gasteiger partial charge in [0, 0.05) is 44.7 Å². The van der Waals surface area contributed by atoms with Crippen LogP contribution in [0.25, 0.3) is 10.9 Å². The number of ether oxygens (including phenoxy) is 1. The van der Waals surface area contributed by atoms with Crippen molar-refractivity contribution in [3.8, 4) is 0 Å². The van der Waals surface area contributed by atoms with E-state index in [1.165, 1.54) is 11.3 Å². The first-order valence-corrected chi connectivity index (χ1v) is 11.3. The van der Waals surface area contributed by atoms with E-state index in [2.05, 4.69) is 31.2 Å². The number of carbonyl (C=O) groups is 1. The molecule has 3 heterocycles. The molecule has 4 rings (SSSR count). The first kappa shape index (κ1) is 20.8. The smallest absolute Gasteiger partial charge is 0.264 e. The Kier molecular flexibility index (Phi) is 6.06. The molecule has 1 unspecified atom stereocenters. The van der Waals surface area contributed by atoms with Gasteiger partial charge < -0.3 is 14.5 Å². The fourth-order valence-corrected chi connectivity index (χ4v) is 4.97. The molecule has 0 bridgehead atoms. The molecule has 0 radical (unpaired) electrons. The Morgan fingerprint density at radius 3 is 2.73 bits per heavy atom. The summed E-state index contributed by atoms with van der Waals surface area (Å²) in [4.78, 5) is 23.2. The number of para-hydroxylation sites is 1. The average Bonchev–Trinajstić information content (AvgIpc) is 3.38. The highest BCUT2D eigenvalue weighted by Crippen LogP contribution is 2.28. The zero-order valence-corrected chi connectivity index (χ0v) is 19.0. The van der Waals surface area contributed by atoms with Crippen molar-refractivity contribution < 1.29 is 9.53 Å². The Morgan fingerprint density at radius 2 is 2.07 bits per heavy atom. The summed E-state index contributed by atoms with van der Waals surface area (Å²) in [5, 5.41) is 3.09. The number of pyridine rings is 1. The number of aromatic nitrogens is 1. The van der Waals surface area contributed by atoms with Crippen LogP contribution in [0, 0.1) is 13.8 Å². The number of nitrogens with zero attached hydrogens (tertiary/aromatic N) is 3. The second-order valence-corrected chi connectivity index (χ2v) is 9.18. The van der Waals surface area contributed by atoms with Crippen LogP contribution in [-0.2, 0) is 11.3 Å². The number of fused-ring (bicyclic) bond motifs is 1. The minimum absolute atomic E-state index is 0.0760. The van der Waals surface area contributed by atoms with Crippen LogP contribution in [0.1, 0.15) is 39.2 Å². The predicted octanol–water partition coefficient (Wildman–Crippen LogP) is 4.80. The van der Waals surface area contributed by atoms with Gasteiger partial charge in [-0.1, -0.05) is 18.2 Å². The first-order valence-electron chi connectivity index (χ1n) is 10.5. The van der Waals surface area contributed by atoms with E-state index >= 15 is 0 Å². The fourth-order valence-electron chi connectivity index (χ4n) is 4.08. The molecule has 1 aliphatic rings. The molecule has 5 nitrogen and oxygen atoms in total. The van der Waals surface area contributed by atoms with E-state index in [0.717, 1.165) is 57.7 Å². The summed E-state index contributed by atoms with van der Waals surface area (Å²) in [6, 6.07) is 10.4. The third kappa shape index (κ3) is 4.20. The fraction of sp³-hybridized carbons (Fsp3) is 0.417. The largest absolute Gasteiger partial charge is 0.376 e. The second kappa shape index (κ2) is 8.74. The van der Waals surface area contributed by atoms with E-state index in [0.29, 0.717) is 13.1 Å². The number of carbonyl (C=O) groups excluding carboxylic acids is 1. The van der Waals surface area contributed by atoms with Gasteiger partial charge in [0.15, 0.2) is 0 Å². The van der Waals surface area contributed by atoms with Crippen LogP contribution in [0.15, 0.2) is 35.7 Å². The van der Waals surface area contributed by atoms with Crippen molar-refractivity contribution in [2.24, 2.45) is 0 Å². The Labute approximate surface area is 182 Å². The molecule has 0 saturated carbocycles. The first-order chi connectivity index (χ1) is 14.4. The summed E-state index contributed by atoms with van der Waals surface area (Å²) in [5.41, 5.74) is 4.25. The molecule has 6 heteroatoms. The molecule has 1 fully saturated rings. The van der Waals surface area contributed by atoms with Gasteiger partial charge in [0.1, 0.15) is 5.82 Å². The van der Waals surface area contributed by atoms with Gasteiger partial charge in [-0.05, 0) is 55.3 Å². The van der Waals surface area contributed by atoms with Gasteiger partial charge in [0.05, 0.1) is 16.5 Å². The number of thiophene rings is 1. The lowest BCUT2D eigenvalue weighted by Gasteiger charge is -2.27. The van der Waals surface area contributed by atoms with Crippen molar-refractivity contribution in [3.05, 3.63) is 57.3 Å². The lowest BCUT2D eigenvalue weighted by Crippen LogP contribution is -2.37. The number of hydrogen-bond donors (Lipinski definition) is 0. The van der Waals surface area contributed by atoms with Gasteiger partial charge in [0.2, 0.25) is 0 Å². The summed E-state index contributed by atoms with van der Waals surface area (Å²) >= 11 is 1.51. The number of rotatable bonds is 6. The maximum Gasteiger partial charge on any atom is 0.264 e. The van der Waals surface area contributed by atoms with Gasteiger partial charge in [-0.2, -0.15) is 0 Å². The topological polar surface area (TPSA) is 45.7 Å². The van der Waals surface area contributed by atoms with E-state index < -0.39 is 0 Å². The Bertz CT molecular complexity index is 1050. The molecular formula is C24H29N3O2S.